The van der Waals surface area contributed by atoms with E-state index in [0.717, 1.165) is 28.6 Å². The molecular weight excluding hydrogens is 242 g/mol. The fraction of sp³-hybridized carbons (Fsp3) is 0.286. The van der Waals surface area contributed by atoms with E-state index in [2.05, 4.69) is 15.3 Å². The second-order valence-electron chi connectivity index (χ2n) is 4.00. The normalized spacial score (nSPS) is 10.1. The highest BCUT2D eigenvalue weighted by atomic mass is 16.5. The molecule has 0 spiro atoms. The fourth-order valence-electron chi connectivity index (χ4n) is 1.84. The zero-order valence-electron chi connectivity index (χ0n) is 11.5. The van der Waals surface area contributed by atoms with Gasteiger partial charge in [0.25, 0.3) is 0 Å². The highest BCUT2D eigenvalue weighted by molar-refractivity contribution is 5.70. The van der Waals surface area contributed by atoms with E-state index in [1.165, 1.54) is 0 Å². The van der Waals surface area contributed by atoms with Crippen LogP contribution in [0.3, 0.4) is 0 Å². The maximum Gasteiger partial charge on any atom is 0.131 e. The number of nitrogens with one attached hydrogen (secondary N) is 1. The van der Waals surface area contributed by atoms with Crippen LogP contribution in [0, 0.1) is 6.92 Å². The molecule has 19 heavy (non-hydrogen) atoms. The Balaban J connectivity index is 2.54. The van der Waals surface area contributed by atoms with E-state index in [4.69, 9.17) is 9.47 Å². The fourth-order valence-corrected chi connectivity index (χ4v) is 1.84. The molecular formula is C14H17N3O2. The highest BCUT2D eigenvalue weighted by Gasteiger charge is 2.10. The molecule has 0 atom stereocenters. The van der Waals surface area contributed by atoms with Gasteiger partial charge in [0.05, 0.1) is 19.9 Å². The Morgan fingerprint density at radius 3 is 2.47 bits per heavy atom. The number of hydrogen-bond donors (Lipinski definition) is 1. The van der Waals surface area contributed by atoms with Crippen molar-refractivity contribution in [3.8, 4) is 22.8 Å². The molecule has 2 rings (SSSR count). The molecule has 100 valence electrons. The standard InChI is InChI=1S/C14H17N3O2/c1-9-16-12(8-14(15-2)17-9)11-6-5-10(18-3)7-13(11)19-4/h5-8H,1-4H3,(H,15,16,17). The smallest absolute Gasteiger partial charge is 0.131 e. The number of rotatable bonds is 4. The monoisotopic (exact) mass is 259 g/mol. The number of hydrogen-bond acceptors (Lipinski definition) is 5. The molecule has 0 unspecified atom stereocenters. The van der Waals surface area contributed by atoms with Gasteiger partial charge in [-0.15, -0.1) is 0 Å². The lowest BCUT2D eigenvalue weighted by molar-refractivity contribution is 0.395. The highest BCUT2D eigenvalue weighted by Crippen LogP contribution is 2.32. The summed E-state index contributed by atoms with van der Waals surface area (Å²) in [6.07, 6.45) is 0. The summed E-state index contributed by atoms with van der Waals surface area (Å²) in [7, 11) is 5.09. The second-order valence-corrected chi connectivity index (χ2v) is 4.00. The van der Waals surface area contributed by atoms with E-state index < -0.39 is 0 Å². The van der Waals surface area contributed by atoms with Gasteiger partial charge in [-0.25, -0.2) is 9.97 Å². The summed E-state index contributed by atoms with van der Waals surface area (Å²) in [6, 6.07) is 7.54. The van der Waals surface area contributed by atoms with Gasteiger partial charge in [0.2, 0.25) is 0 Å². The lowest BCUT2D eigenvalue weighted by Crippen LogP contribution is -1.99. The first-order valence-corrected chi connectivity index (χ1v) is 5.93. The van der Waals surface area contributed by atoms with E-state index in [0.29, 0.717) is 5.82 Å². The van der Waals surface area contributed by atoms with Crippen LogP contribution in [0.5, 0.6) is 11.5 Å². The number of methoxy groups -OCH3 is 2. The van der Waals surface area contributed by atoms with Crippen LogP contribution in [0.2, 0.25) is 0 Å². The molecule has 0 bridgehead atoms. The van der Waals surface area contributed by atoms with Gasteiger partial charge >= 0.3 is 0 Å². The Labute approximate surface area is 112 Å². The Bertz CT molecular complexity index is 585. The molecule has 1 heterocycles. The van der Waals surface area contributed by atoms with Crippen molar-refractivity contribution < 1.29 is 9.47 Å². The van der Waals surface area contributed by atoms with Gasteiger partial charge in [0.1, 0.15) is 23.1 Å². The maximum atomic E-state index is 5.39. The molecule has 1 aromatic heterocycles. The molecule has 0 saturated heterocycles. The van der Waals surface area contributed by atoms with Crippen molar-refractivity contribution in [2.75, 3.05) is 26.6 Å². The van der Waals surface area contributed by atoms with Gasteiger partial charge in [-0.1, -0.05) is 0 Å². The van der Waals surface area contributed by atoms with Gasteiger partial charge in [0, 0.05) is 24.7 Å². The zero-order valence-corrected chi connectivity index (χ0v) is 11.5. The van der Waals surface area contributed by atoms with Gasteiger partial charge in [-0.2, -0.15) is 0 Å². The van der Waals surface area contributed by atoms with Gasteiger partial charge < -0.3 is 14.8 Å². The molecule has 0 amide bonds. The van der Waals surface area contributed by atoms with Crippen LogP contribution >= 0.6 is 0 Å². The number of ether oxygens (including phenoxy) is 2. The van der Waals surface area contributed by atoms with E-state index in [1.807, 2.05) is 38.2 Å². The molecule has 0 radical (unpaired) electrons. The quantitative estimate of drug-likeness (QED) is 0.914. The van der Waals surface area contributed by atoms with Gasteiger partial charge in [-0.3, -0.25) is 0 Å². The van der Waals surface area contributed by atoms with E-state index >= 15 is 0 Å². The average Bonchev–Trinajstić information content (AvgIpc) is 2.45. The average molecular weight is 259 g/mol. The van der Waals surface area contributed by atoms with Crippen LogP contribution in [0.4, 0.5) is 5.82 Å². The Morgan fingerprint density at radius 2 is 1.84 bits per heavy atom. The van der Waals surface area contributed by atoms with E-state index in [9.17, 15) is 0 Å². The molecule has 0 aliphatic carbocycles. The molecule has 0 saturated carbocycles. The van der Waals surface area contributed by atoms with Gasteiger partial charge in [-0.05, 0) is 19.1 Å². The minimum Gasteiger partial charge on any atom is -0.497 e. The van der Waals surface area contributed by atoms with Gasteiger partial charge in [0.15, 0.2) is 0 Å². The molecule has 0 fully saturated rings. The predicted octanol–water partition coefficient (Wildman–Crippen LogP) is 2.51. The third kappa shape index (κ3) is 2.76. The van der Waals surface area contributed by atoms with Crippen LogP contribution in [-0.2, 0) is 0 Å². The Kier molecular flexibility index (Phi) is 3.85. The Hall–Kier alpha value is -2.30. The zero-order chi connectivity index (χ0) is 13.8. The summed E-state index contributed by atoms with van der Waals surface area (Å²) in [5.74, 6) is 2.96. The first-order valence-electron chi connectivity index (χ1n) is 5.93. The molecule has 0 aliphatic rings. The molecule has 5 heteroatoms. The minimum atomic E-state index is 0.708. The molecule has 5 nitrogen and oxygen atoms in total. The lowest BCUT2D eigenvalue weighted by atomic mass is 10.1. The Morgan fingerprint density at radius 1 is 1.05 bits per heavy atom. The third-order valence-electron chi connectivity index (χ3n) is 2.78. The van der Waals surface area contributed by atoms with Crippen LogP contribution in [-0.4, -0.2) is 31.2 Å². The summed E-state index contributed by atoms with van der Waals surface area (Å²) in [5, 5.41) is 3.02. The second kappa shape index (κ2) is 5.56. The summed E-state index contributed by atoms with van der Waals surface area (Å²) in [5.41, 5.74) is 1.72. The lowest BCUT2D eigenvalue weighted by Gasteiger charge is -2.11. The molecule has 1 aromatic carbocycles. The van der Waals surface area contributed by atoms with Crippen LogP contribution in [0.25, 0.3) is 11.3 Å². The first-order chi connectivity index (χ1) is 9.17. The number of aryl methyl sites for hydroxylation is 1. The number of aromatic nitrogens is 2. The topological polar surface area (TPSA) is 56.3 Å². The molecule has 0 aliphatic heterocycles. The summed E-state index contributed by atoms with van der Waals surface area (Å²) in [4.78, 5) is 8.72. The van der Waals surface area contributed by atoms with Crippen molar-refractivity contribution in [1.29, 1.82) is 0 Å². The van der Waals surface area contributed by atoms with Crippen LogP contribution < -0.4 is 14.8 Å². The van der Waals surface area contributed by atoms with E-state index in [-0.39, 0.29) is 0 Å². The SMILES string of the molecule is CNc1cc(-c2ccc(OC)cc2OC)nc(C)n1. The van der Waals surface area contributed by atoms with Crippen molar-refractivity contribution in [1.82, 2.24) is 9.97 Å². The summed E-state index contributed by atoms with van der Waals surface area (Å²) < 4.78 is 10.6. The number of benzene rings is 1. The van der Waals surface area contributed by atoms with Crippen molar-refractivity contribution in [3.63, 3.8) is 0 Å². The molecule has 1 N–H and O–H groups in total. The number of nitrogens with zero attached hydrogens (tertiary/aromatic N) is 2. The minimum absolute atomic E-state index is 0.708. The number of anilines is 1. The van der Waals surface area contributed by atoms with E-state index in [1.54, 1.807) is 14.2 Å². The summed E-state index contributed by atoms with van der Waals surface area (Å²) >= 11 is 0. The van der Waals surface area contributed by atoms with Crippen molar-refractivity contribution in [3.05, 3.63) is 30.1 Å². The van der Waals surface area contributed by atoms with Crippen LogP contribution in [0.1, 0.15) is 5.82 Å². The van der Waals surface area contributed by atoms with Crippen molar-refractivity contribution in [2.24, 2.45) is 0 Å². The predicted molar refractivity (Wildman–Crippen MR) is 74.9 cm³/mol. The summed E-state index contributed by atoms with van der Waals surface area (Å²) in [6.45, 7) is 1.86. The third-order valence-corrected chi connectivity index (χ3v) is 2.78. The maximum absolute atomic E-state index is 5.39. The largest absolute Gasteiger partial charge is 0.497 e. The van der Waals surface area contributed by atoms with Crippen molar-refractivity contribution >= 4 is 5.82 Å². The molecule has 2 aromatic rings. The van der Waals surface area contributed by atoms with Crippen molar-refractivity contribution in [2.45, 2.75) is 6.92 Å². The van der Waals surface area contributed by atoms with Crippen LogP contribution in [0.15, 0.2) is 24.3 Å². The first kappa shape index (κ1) is 13.1.